The van der Waals surface area contributed by atoms with Gasteiger partial charge in [0.05, 0.1) is 19.3 Å². The molecule has 4 heteroatoms. The van der Waals surface area contributed by atoms with E-state index in [2.05, 4.69) is 18.3 Å². The van der Waals surface area contributed by atoms with E-state index < -0.39 is 0 Å². The Hall–Kier alpha value is -1.55. The average Bonchev–Trinajstić information content (AvgIpc) is 2.54. The van der Waals surface area contributed by atoms with Gasteiger partial charge in [0.15, 0.2) is 0 Å². The minimum Gasteiger partial charge on any atom is -0.494 e. The second kappa shape index (κ2) is 8.18. The summed E-state index contributed by atoms with van der Waals surface area (Å²) in [6, 6.07) is 15.5. The Bertz CT molecular complexity index is 586. The molecule has 0 aliphatic heterocycles. The van der Waals surface area contributed by atoms with Crippen molar-refractivity contribution in [2.75, 3.05) is 13.2 Å². The molecule has 0 aromatic heterocycles. The van der Waals surface area contributed by atoms with Gasteiger partial charge in [-0.3, -0.25) is 0 Å². The van der Waals surface area contributed by atoms with Crippen LogP contribution in [0.3, 0.4) is 0 Å². The third-order valence-corrected chi connectivity index (χ3v) is 3.83. The molecular weight excluding hydrogens is 298 g/mol. The van der Waals surface area contributed by atoms with Gasteiger partial charge in [0, 0.05) is 11.1 Å². The van der Waals surface area contributed by atoms with E-state index in [0.717, 1.165) is 16.9 Å². The van der Waals surface area contributed by atoms with E-state index in [9.17, 15) is 5.11 Å². The van der Waals surface area contributed by atoms with Gasteiger partial charge in [-0.05, 0) is 49.2 Å². The predicted octanol–water partition coefficient (Wildman–Crippen LogP) is 4.12. The van der Waals surface area contributed by atoms with Gasteiger partial charge >= 0.3 is 0 Å². The maximum atomic E-state index is 9.66. The van der Waals surface area contributed by atoms with Crippen molar-refractivity contribution in [1.82, 2.24) is 5.32 Å². The number of aliphatic hydroxyl groups is 1. The molecule has 3 nitrogen and oxygen atoms in total. The summed E-state index contributed by atoms with van der Waals surface area (Å²) in [5.74, 6) is 0.862. The van der Waals surface area contributed by atoms with Crippen LogP contribution in [0.15, 0.2) is 48.5 Å². The minimum atomic E-state index is -0.136. The quantitative estimate of drug-likeness (QED) is 0.806. The van der Waals surface area contributed by atoms with Gasteiger partial charge in [0.1, 0.15) is 5.75 Å². The Morgan fingerprint density at radius 2 is 1.86 bits per heavy atom. The summed E-state index contributed by atoms with van der Waals surface area (Å²) < 4.78 is 5.53. The summed E-state index contributed by atoms with van der Waals surface area (Å²) in [6.45, 7) is 4.72. The lowest BCUT2D eigenvalue weighted by Crippen LogP contribution is -2.27. The fourth-order valence-electron chi connectivity index (χ4n) is 2.39. The molecule has 118 valence electrons. The summed E-state index contributed by atoms with van der Waals surface area (Å²) in [7, 11) is 0. The van der Waals surface area contributed by atoms with Crippen LogP contribution < -0.4 is 10.1 Å². The molecule has 0 fully saturated rings. The highest BCUT2D eigenvalue weighted by Crippen LogP contribution is 2.23. The smallest absolute Gasteiger partial charge is 0.119 e. The van der Waals surface area contributed by atoms with E-state index in [0.29, 0.717) is 11.6 Å². The highest BCUT2D eigenvalue weighted by atomic mass is 35.5. The van der Waals surface area contributed by atoms with Gasteiger partial charge in [-0.2, -0.15) is 0 Å². The molecule has 22 heavy (non-hydrogen) atoms. The highest BCUT2D eigenvalue weighted by Gasteiger charge is 2.15. The molecule has 2 unspecified atom stereocenters. The van der Waals surface area contributed by atoms with Gasteiger partial charge in [-0.15, -0.1) is 0 Å². The van der Waals surface area contributed by atoms with Crippen LogP contribution in [0.4, 0.5) is 0 Å². The van der Waals surface area contributed by atoms with Gasteiger partial charge < -0.3 is 15.2 Å². The first-order valence-electron chi connectivity index (χ1n) is 7.49. The summed E-state index contributed by atoms with van der Waals surface area (Å²) >= 11 is 5.91. The van der Waals surface area contributed by atoms with E-state index in [1.807, 2.05) is 49.4 Å². The monoisotopic (exact) mass is 319 g/mol. The maximum absolute atomic E-state index is 9.66. The molecule has 0 saturated heterocycles. The fourth-order valence-corrected chi connectivity index (χ4v) is 2.51. The standard InChI is InChI=1S/C18H22ClNO2/c1-3-22-17-6-4-5-15(11-17)13(2)20-18(12-21)14-7-9-16(19)10-8-14/h4-11,13,18,20-21H,3,12H2,1-2H3. The van der Waals surface area contributed by atoms with E-state index in [1.54, 1.807) is 0 Å². The van der Waals surface area contributed by atoms with Crippen LogP contribution in [0.5, 0.6) is 5.75 Å². The number of rotatable bonds is 7. The van der Waals surface area contributed by atoms with Crippen molar-refractivity contribution in [3.8, 4) is 5.75 Å². The van der Waals surface area contributed by atoms with Crippen LogP contribution in [0.1, 0.15) is 37.1 Å². The van der Waals surface area contributed by atoms with Crippen LogP contribution in [0.25, 0.3) is 0 Å². The topological polar surface area (TPSA) is 41.5 Å². The zero-order valence-electron chi connectivity index (χ0n) is 12.9. The van der Waals surface area contributed by atoms with Crippen molar-refractivity contribution in [3.63, 3.8) is 0 Å². The van der Waals surface area contributed by atoms with E-state index in [4.69, 9.17) is 16.3 Å². The first kappa shape index (κ1) is 16.8. The number of hydrogen-bond acceptors (Lipinski definition) is 3. The van der Waals surface area contributed by atoms with Gasteiger partial charge in [0.25, 0.3) is 0 Å². The van der Waals surface area contributed by atoms with Crippen LogP contribution >= 0.6 is 11.6 Å². The highest BCUT2D eigenvalue weighted by molar-refractivity contribution is 6.30. The lowest BCUT2D eigenvalue weighted by atomic mass is 10.0. The SMILES string of the molecule is CCOc1cccc(C(C)NC(CO)c2ccc(Cl)cc2)c1. The van der Waals surface area contributed by atoms with Crippen molar-refractivity contribution in [2.24, 2.45) is 0 Å². The number of benzene rings is 2. The van der Waals surface area contributed by atoms with Crippen LogP contribution in [-0.2, 0) is 0 Å². The molecule has 0 aliphatic rings. The summed E-state index contributed by atoms with van der Waals surface area (Å²) in [5.41, 5.74) is 2.14. The van der Waals surface area contributed by atoms with Gasteiger partial charge in [0.2, 0.25) is 0 Å². The normalized spacial score (nSPS) is 13.6. The van der Waals surface area contributed by atoms with Crippen molar-refractivity contribution in [2.45, 2.75) is 25.9 Å². The average molecular weight is 320 g/mol. The molecule has 2 aromatic carbocycles. The molecule has 2 rings (SSSR count). The molecule has 2 N–H and O–H groups in total. The van der Waals surface area contributed by atoms with Gasteiger partial charge in [-0.1, -0.05) is 35.9 Å². The summed E-state index contributed by atoms with van der Waals surface area (Å²) in [4.78, 5) is 0. The molecule has 2 aromatic rings. The third kappa shape index (κ3) is 4.47. The van der Waals surface area contributed by atoms with E-state index in [1.165, 1.54) is 0 Å². The maximum Gasteiger partial charge on any atom is 0.119 e. The van der Waals surface area contributed by atoms with Crippen molar-refractivity contribution in [3.05, 3.63) is 64.7 Å². The number of halogens is 1. The Balaban J connectivity index is 2.10. The minimum absolute atomic E-state index is 0.0249. The number of hydrogen-bond donors (Lipinski definition) is 2. The molecule has 0 spiro atoms. The van der Waals surface area contributed by atoms with Gasteiger partial charge in [-0.25, -0.2) is 0 Å². The van der Waals surface area contributed by atoms with Crippen LogP contribution in [0.2, 0.25) is 5.02 Å². The Labute approximate surface area is 136 Å². The lowest BCUT2D eigenvalue weighted by molar-refractivity contribution is 0.235. The number of nitrogens with one attached hydrogen (secondary N) is 1. The molecule has 0 aliphatic carbocycles. The Morgan fingerprint density at radius 3 is 2.50 bits per heavy atom. The second-order valence-electron chi connectivity index (χ2n) is 5.18. The molecule has 0 bridgehead atoms. The number of ether oxygens (including phenoxy) is 1. The molecule has 2 atom stereocenters. The predicted molar refractivity (Wildman–Crippen MR) is 90.4 cm³/mol. The molecular formula is C18H22ClNO2. The largest absolute Gasteiger partial charge is 0.494 e. The molecule has 0 radical (unpaired) electrons. The molecule has 0 saturated carbocycles. The summed E-state index contributed by atoms with van der Waals surface area (Å²) in [5, 5.41) is 13.8. The number of aliphatic hydroxyl groups excluding tert-OH is 1. The second-order valence-corrected chi connectivity index (χ2v) is 5.62. The zero-order valence-corrected chi connectivity index (χ0v) is 13.7. The Kier molecular flexibility index (Phi) is 6.25. The molecule has 0 amide bonds. The van der Waals surface area contributed by atoms with E-state index >= 15 is 0 Å². The van der Waals surface area contributed by atoms with Crippen molar-refractivity contribution < 1.29 is 9.84 Å². The van der Waals surface area contributed by atoms with Crippen molar-refractivity contribution >= 4 is 11.6 Å². The van der Waals surface area contributed by atoms with Crippen molar-refractivity contribution in [1.29, 1.82) is 0 Å². The van der Waals surface area contributed by atoms with E-state index in [-0.39, 0.29) is 18.7 Å². The molecule has 0 heterocycles. The lowest BCUT2D eigenvalue weighted by Gasteiger charge is -2.23. The first-order chi connectivity index (χ1) is 10.6. The first-order valence-corrected chi connectivity index (χ1v) is 7.87. The van der Waals surface area contributed by atoms with Crippen LogP contribution in [0, 0.1) is 0 Å². The Morgan fingerprint density at radius 1 is 1.14 bits per heavy atom. The summed E-state index contributed by atoms with van der Waals surface area (Å²) in [6.07, 6.45) is 0. The zero-order chi connectivity index (χ0) is 15.9. The fraction of sp³-hybridized carbons (Fsp3) is 0.333. The third-order valence-electron chi connectivity index (χ3n) is 3.58. The van der Waals surface area contributed by atoms with Crippen LogP contribution in [-0.4, -0.2) is 18.3 Å².